The summed E-state index contributed by atoms with van der Waals surface area (Å²) in [6, 6.07) is 13.0. The van der Waals surface area contributed by atoms with Gasteiger partial charge in [0.25, 0.3) is 0 Å². The van der Waals surface area contributed by atoms with Gasteiger partial charge in [0, 0.05) is 22.9 Å². The molecule has 1 N–H and O–H groups in total. The van der Waals surface area contributed by atoms with Gasteiger partial charge in [-0.05, 0) is 42.5 Å². The van der Waals surface area contributed by atoms with E-state index in [1.165, 1.54) is 21.8 Å². The monoisotopic (exact) mass is 291 g/mol. The summed E-state index contributed by atoms with van der Waals surface area (Å²) in [4.78, 5) is 1.47. The first-order valence-corrected chi connectivity index (χ1v) is 8.75. The van der Waals surface area contributed by atoms with Crippen molar-refractivity contribution in [2.45, 2.75) is 19.1 Å². The van der Waals surface area contributed by atoms with Gasteiger partial charge in [0.05, 0.1) is 0 Å². The molecule has 0 aliphatic rings. The first-order valence-electron chi connectivity index (χ1n) is 6.71. The summed E-state index contributed by atoms with van der Waals surface area (Å²) in [6.07, 6.45) is 1.15. The third-order valence-corrected chi connectivity index (χ3v) is 5.01. The average molecular weight is 291 g/mol. The van der Waals surface area contributed by atoms with Gasteiger partial charge in [0.1, 0.15) is 0 Å². The molecule has 102 valence electrons. The predicted octanol–water partition coefficient (Wildman–Crippen LogP) is 4.12. The number of thiophene rings is 1. The maximum atomic E-state index is 3.51. The molecule has 0 atom stereocenters. The van der Waals surface area contributed by atoms with E-state index >= 15 is 0 Å². The molecule has 1 heterocycles. The molecular weight excluding hydrogens is 270 g/mol. The van der Waals surface area contributed by atoms with E-state index in [0.717, 1.165) is 25.3 Å². The maximum Gasteiger partial charge on any atom is 0.0187 e. The quantitative estimate of drug-likeness (QED) is 0.734. The van der Waals surface area contributed by atoms with Gasteiger partial charge in [-0.25, -0.2) is 0 Å². The van der Waals surface area contributed by atoms with Crippen LogP contribution >= 0.6 is 23.1 Å². The molecular formula is C16H21NS2. The number of nitrogens with one attached hydrogen (secondary N) is 1. The molecule has 0 radical (unpaired) electrons. The van der Waals surface area contributed by atoms with Gasteiger partial charge in [-0.1, -0.05) is 30.3 Å². The van der Waals surface area contributed by atoms with Crippen molar-refractivity contribution in [3.8, 4) is 0 Å². The molecule has 0 unspecified atom stereocenters. The molecule has 0 spiro atoms. The van der Waals surface area contributed by atoms with Crippen molar-refractivity contribution in [2.24, 2.45) is 0 Å². The third kappa shape index (κ3) is 5.39. The van der Waals surface area contributed by atoms with Gasteiger partial charge in [-0.2, -0.15) is 11.8 Å². The number of aryl methyl sites for hydroxylation is 1. The molecule has 1 aromatic heterocycles. The lowest BCUT2D eigenvalue weighted by Crippen LogP contribution is -2.19. The molecule has 0 aliphatic heterocycles. The Bertz CT molecular complexity index is 465. The van der Waals surface area contributed by atoms with Gasteiger partial charge in [0.2, 0.25) is 0 Å². The minimum Gasteiger partial charge on any atom is -0.316 e. The molecule has 3 heteroatoms. The Kier molecular flexibility index (Phi) is 6.48. The standard InChI is InChI=1S/C16H21NS2/c1-14-5-2-3-6-15(14)13-18-12-10-17-9-8-16-7-4-11-19-16/h2-7,11,17H,8-10,12-13H2,1H3. The van der Waals surface area contributed by atoms with Crippen molar-refractivity contribution >= 4 is 23.1 Å². The van der Waals surface area contributed by atoms with Crippen LogP contribution in [0.1, 0.15) is 16.0 Å². The highest BCUT2D eigenvalue weighted by atomic mass is 32.2. The van der Waals surface area contributed by atoms with Crippen molar-refractivity contribution in [2.75, 3.05) is 18.8 Å². The Hall–Kier alpha value is -0.770. The Morgan fingerprint density at radius 3 is 2.79 bits per heavy atom. The second kappa shape index (κ2) is 8.41. The third-order valence-electron chi connectivity index (χ3n) is 3.07. The van der Waals surface area contributed by atoms with Crippen LogP contribution in [0.25, 0.3) is 0 Å². The van der Waals surface area contributed by atoms with E-state index in [1.807, 2.05) is 23.1 Å². The first-order chi connectivity index (χ1) is 9.36. The molecule has 19 heavy (non-hydrogen) atoms. The van der Waals surface area contributed by atoms with Gasteiger partial charge in [-0.15, -0.1) is 11.3 Å². The second-order valence-corrected chi connectivity index (χ2v) is 6.70. The fourth-order valence-corrected chi connectivity index (χ4v) is 3.58. The van der Waals surface area contributed by atoms with Crippen molar-refractivity contribution in [1.82, 2.24) is 5.32 Å². The van der Waals surface area contributed by atoms with Crippen molar-refractivity contribution in [3.05, 3.63) is 57.8 Å². The number of benzene rings is 1. The van der Waals surface area contributed by atoms with E-state index in [9.17, 15) is 0 Å². The summed E-state index contributed by atoms with van der Waals surface area (Å²) >= 11 is 3.85. The maximum absolute atomic E-state index is 3.51. The molecule has 1 nitrogen and oxygen atoms in total. The molecule has 0 amide bonds. The normalized spacial score (nSPS) is 10.8. The van der Waals surface area contributed by atoms with E-state index in [-0.39, 0.29) is 0 Å². The number of hydrogen-bond acceptors (Lipinski definition) is 3. The summed E-state index contributed by atoms with van der Waals surface area (Å²) in [7, 11) is 0. The summed E-state index contributed by atoms with van der Waals surface area (Å²) in [5.74, 6) is 2.30. The summed E-state index contributed by atoms with van der Waals surface area (Å²) < 4.78 is 0. The molecule has 0 bridgehead atoms. The van der Waals surface area contributed by atoms with Gasteiger partial charge in [-0.3, -0.25) is 0 Å². The van der Waals surface area contributed by atoms with E-state index in [4.69, 9.17) is 0 Å². The van der Waals surface area contributed by atoms with Gasteiger partial charge < -0.3 is 5.32 Å². The zero-order valence-corrected chi connectivity index (χ0v) is 13.0. The molecule has 1 aromatic carbocycles. The van der Waals surface area contributed by atoms with Gasteiger partial charge >= 0.3 is 0 Å². The highest BCUT2D eigenvalue weighted by Gasteiger charge is 1.97. The minimum atomic E-state index is 1.09. The predicted molar refractivity (Wildman–Crippen MR) is 88.2 cm³/mol. The second-order valence-electron chi connectivity index (χ2n) is 4.56. The topological polar surface area (TPSA) is 12.0 Å². The molecule has 2 rings (SSSR count). The van der Waals surface area contributed by atoms with Crippen LogP contribution in [-0.4, -0.2) is 18.8 Å². The van der Waals surface area contributed by atoms with Crippen LogP contribution in [0.3, 0.4) is 0 Å². The molecule has 0 aliphatic carbocycles. The SMILES string of the molecule is Cc1ccccc1CSCCNCCc1cccs1. The zero-order valence-electron chi connectivity index (χ0n) is 11.4. The highest BCUT2D eigenvalue weighted by Crippen LogP contribution is 2.15. The largest absolute Gasteiger partial charge is 0.316 e. The van der Waals surface area contributed by atoms with Crippen LogP contribution in [0.5, 0.6) is 0 Å². The highest BCUT2D eigenvalue weighted by molar-refractivity contribution is 7.98. The Balaban J connectivity index is 1.52. The summed E-state index contributed by atoms with van der Waals surface area (Å²) in [6.45, 7) is 4.38. The van der Waals surface area contributed by atoms with Crippen LogP contribution in [0.4, 0.5) is 0 Å². The lowest BCUT2D eigenvalue weighted by Gasteiger charge is -2.06. The Morgan fingerprint density at radius 1 is 1.11 bits per heavy atom. The van der Waals surface area contributed by atoms with Crippen molar-refractivity contribution in [1.29, 1.82) is 0 Å². The molecule has 0 fully saturated rings. The van der Waals surface area contributed by atoms with E-state index in [2.05, 4.69) is 54.0 Å². The molecule has 0 saturated carbocycles. The molecule has 2 aromatic rings. The van der Waals surface area contributed by atoms with E-state index < -0.39 is 0 Å². The fraction of sp³-hybridized carbons (Fsp3) is 0.375. The first kappa shape index (κ1) is 14.6. The number of rotatable bonds is 8. The minimum absolute atomic E-state index is 1.09. The van der Waals surface area contributed by atoms with E-state index in [1.54, 1.807) is 0 Å². The number of thioether (sulfide) groups is 1. The van der Waals surface area contributed by atoms with E-state index in [0.29, 0.717) is 0 Å². The number of hydrogen-bond donors (Lipinski definition) is 1. The Labute approximate surface area is 124 Å². The van der Waals surface area contributed by atoms with Crippen molar-refractivity contribution < 1.29 is 0 Å². The van der Waals surface area contributed by atoms with Gasteiger partial charge in [0.15, 0.2) is 0 Å². The summed E-state index contributed by atoms with van der Waals surface area (Å²) in [5, 5.41) is 5.66. The lowest BCUT2D eigenvalue weighted by molar-refractivity contribution is 0.725. The van der Waals surface area contributed by atoms with Crippen LogP contribution in [-0.2, 0) is 12.2 Å². The fourth-order valence-electron chi connectivity index (χ4n) is 1.89. The van der Waals surface area contributed by atoms with Crippen LogP contribution < -0.4 is 5.32 Å². The molecule has 0 saturated heterocycles. The van der Waals surface area contributed by atoms with Crippen LogP contribution in [0.2, 0.25) is 0 Å². The summed E-state index contributed by atoms with van der Waals surface area (Å²) in [5.41, 5.74) is 2.87. The smallest absolute Gasteiger partial charge is 0.0187 e. The average Bonchev–Trinajstić information content (AvgIpc) is 2.93. The van der Waals surface area contributed by atoms with Crippen LogP contribution in [0, 0.1) is 6.92 Å². The zero-order chi connectivity index (χ0) is 13.3. The van der Waals surface area contributed by atoms with Crippen molar-refractivity contribution in [3.63, 3.8) is 0 Å². The van der Waals surface area contributed by atoms with Crippen LogP contribution in [0.15, 0.2) is 41.8 Å². The Morgan fingerprint density at radius 2 is 2.00 bits per heavy atom. The lowest BCUT2D eigenvalue weighted by atomic mass is 10.1.